The van der Waals surface area contributed by atoms with Gasteiger partial charge in [-0.15, -0.1) is 0 Å². The molecule has 0 N–H and O–H groups in total. The first-order valence-corrected chi connectivity index (χ1v) is 12.2. The van der Waals surface area contributed by atoms with Gasteiger partial charge in [0.2, 0.25) is 23.6 Å². The molecule has 4 amide bonds. The van der Waals surface area contributed by atoms with Crippen molar-refractivity contribution < 1.29 is 28.7 Å². The fraction of sp³-hybridized carbons (Fsp3) is 0.357. The molecule has 2 heterocycles. The maximum absolute atomic E-state index is 13.7. The van der Waals surface area contributed by atoms with Gasteiger partial charge in [-0.3, -0.25) is 19.2 Å². The number of imide groups is 2. The van der Waals surface area contributed by atoms with Crippen LogP contribution in [0.15, 0.2) is 60.7 Å². The zero-order chi connectivity index (χ0) is 24.9. The second-order valence-electron chi connectivity index (χ2n) is 10.2. The van der Waals surface area contributed by atoms with Gasteiger partial charge in [0.05, 0.1) is 49.3 Å². The number of rotatable bonds is 4. The number of allylic oxidation sites excluding steroid dienone is 2. The lowest BCUT2D eigenvalue weighted by Gasteiger charge is -2.60. The van der Waals surface area contributed by atoms with E-state index in [1.807, 2.05) is 12.2 Å². The van der Waals surface area contributed by atoms with Gasteiger partial charge in [-0.25, -0.2) is 9.80 Å². The predicted molar refractivity (Wildman–Crippen MR) is 128 cm³/mol. The van der Waals surface area contributed by atoms with Crippen LogP contribution in [0.1, 0.15) is 0 Å². The first-order valence-electron chi connectivity index (χ1n) is 12.2. The molecule has 2 bridgehead atoms. The van der Waals surface area contributed by atoms with E-state index < -0.39 is 23.7 Å². The Balaban J connectivity index is 1.26. The largest absolute Gasteiger partial charge is 0.495 e. The van der Waals surface area contributed by atoms with Crippen molar-refractivity contribution >= 4 is 35.0 Å². The Hall–Kier alpha value is -3.94. The van der Waals surface area contributed by atoms with E-state index in [0.717, 1.165) is 0 Å². The Morgan fingerprint density at radius 3 is 1.31 bits per heavy atom. The van der Waals surface area contributed by atoms with Gasteiger partial charge in [-0.1, -0.05) is 36.4 Å². The third-order valence-electron chi connectivity index (χ3n) is 9.00. The van der Waals surface area contributed by atoms with Crippen LogP contribution >= 0.6 is 0 Å². The van der Waals surface area contributed by atoms with Crippen molar-refractivity contribution in [3.8, 4) is 11.5 Å². The summed E-state index contributed by atoms with van der Waals surface area (Å²) in [6, 6.07) is 14.0. The monoisotopic (exact) mass is 484 g/mol. The number of methoxy groups -OCH3 is 2. The average Bonchev–Trinajstić information content (AvgIpc) is 3.27. The predicted octanol–water partition coefficient (Wildman–Crippen LogP) is 2.68. The van der Waals surface area contributed by atoms with E-state index in [1.54, 1.807) is 48.5 Å². The highest BCUT2D eigenvalue weighted by Gasteiger charge is 2.75. The molecule has 8 heteroatoms. The summed E-state index contributed by atoms with van der Waals surface area (Å²) in [6.45, 7) is 0. The molecule has 4 aliphatic carbocycles. The lowest BCUT2D eigenvalue weighted by Crippen LogP contribution is -2.63. The van der Waals surface area contributed by atoms with E-state index in [0.29, 0.717) is 22.9 Å². The molecule has 8 nitrogen and oxygen atoms in total. The Morgan fingerprint density at radius 1 is 0.556 bits per heavy atom. The van der Waals surface area contributed by atoms with Crippen LogP contribution < -0.4 is 19.3 Å². The molecular weight excluding hydrogens is 460 g/mol. The number of para-hydroxylation sites is 4. The van der Waals surface area contributed by atoms with Gasteiger partial charge in [0.15, 0.2) is 0 Å². The maximum Gasteiger partial charge on any atom is 0.238 e. The van der Waals surface area contributed by atoms with Crippen molar-refractivity contribution in [1.82, 2.24) is 0 Å². The molecular formula is C28H24N2O6. The molecule has 2 saturated carbocycles. The van der Waals surface area contributed by atoms with Gasteiger partial charge in [-0.2, -0.15) is 0 Å². The van der Waals surface area contributed by atoms with Crippen LogP contribution in [-0.2, 0) is 19.2 Å². The van der Waals surface area contributed by atoms with Crippen LogP contribution in [0, 0.1) is 47.3 Å². The van der Waals surface area contributed by atoms with Gasteiger partial charge < -0.3 is 9.47 Å². The number of ether oxygens (including phenoxy) is 2. The molecule has 4 fully saturated rings. The Bertz CT molecular complexity index is 1330. The number of fused-ring (bicyclic) bond motifs is 1. The highest BCUT2D eigenvalue weighted by molar-refractivity contribution is 6.25. The standard InChI is InChI=1S/C28H24N2O6/c1-35-17-9-5-3-7-15(17)29-25(31)21-13-11-12-14(22(21)26(29)32)20-19(13)23-24(20)28(34)30(27(23)33)16-8-4-6-10-18(16)36-2/h3-14,19-24H,1-2H3/t13-,14-,19-,20-,21-,22+,23+,24-/m0/s1. The Labute approximate surface area is 207 Å². The summed E-state index contributed by atoms with van der Waals surface area (Å²) in [7, 11) is 3.02. The highest BCUT2D eigenvalue weighted by Crippen LogP contribution is 2.68. The molecule has 2 aromatic carbocycles. The molecule has 0 spiro atoms. The number of benzene rings is 2. The second-order valence-corrected chi connectivity index (χ2v) is 10.2. The van der Waals surface area contributed by atoms with Gasteiger partial charge in [-0.05, 0) is 47.9 Å². The second kappa shape index (κ2) is 7.29. The van der Waals surface area contributed by atoms with Crippen LogP contribution in [0.3, 0.4) is 0 Å². The lowest BCUT2D eigenvalue weighted by atomic mass is 9.40. The van der Waals surface area contributed by atoms with Crippen LogP contribution in [0.4, 0.5) is 11.4 Å². The smallest absolute Gasteiger partial charge is 0.238 e. The number of anilines is 2. The number of hydrogen-bond acceptors (Lipinski definition) is 6. The average molecular weight is 485 g/mol. The number of carbonyl (C=O) groups excluding carboxylic acids is 4. The van der Waals surface area contributed by atoms with Crippen LogP contribution in [-0.4, -0.2) is 37.8 Å². The first-order chi connectivity index (χ1) is 17.5. The fourth-order valence-corrected chi connectivity index (χ4v) is 7.70. The van der Waals surface area contributed by atoms with Crippen molar-refractivity contribution in [3.63, 3.8) is 0 Å². The summed E-state index contributed by atoms with van der Waals surface area (Å²) in [5.74, 6) is -2.97. The quantitative estimate of drug-likeness (QED) is 0.489. The number of carbonyl (C=O) groups is 4. The van der Waals surface area contributed by atoms with E-state index in [-0.39, 0.29) is 47.3 Å². The Morgan fingerprint density at radius 2 is 0.917 bits per heavy atom. The van der Waals surface area contributed by atoms with Gasteiger partial charge in [0, 0.05) is 0 Å². The minimum Gasteiger partial charge on any atom is -0.495 e. The van der Waals surface area contributed by atoms with Crippen molar-refractivity contribution in [1.29, 1.82) is 0 Å². The molecule has 0 unspecified atom stereocenters. The molecule has 6 aliphatic rings. The molecule has 2 aromatic rings. The topological polar surface area (TPSA) is 93.2 Å². The normalized spacial score (nSPS) is 35.5. The van der Waals surface area contributed by atoms with Gasteiger partial charge >= 0.3 is 0 Å². The zero-order valence-corrected chi connectivity index (χ0v) is 19.7. The third kappa shape index (κ3) is 2.39. The maximum atomic E-state index is 13.7. The number of nitrogens with zero attached hydrogens (tertiary/aromatic N) is 2. The van der Waals surface area contributed by atoms with Gasteiger partial charge in [0.25, 0.3) is 0 Å². The van der Waals surface area contributed by atoms with Crippen LogP contribution in [0.2, 0.25) is 0 Å². The van der Waals surface area contributed by atoms with E-state index >= 15 is 0 Å². The molecule has 2 aliphatic heterocycles. The highest BCUT2D eigenvalue weighted by atomic mass is 16.5. The molecule has 8 rings (SSSR count). The summed E-state index contributed by atoms with van der Waals surface area (Å²) >= 11 is 0. The summed E-state index contributed by atoms with van der Waals surface area (Å²) in [5, 5.41) is 0. The van der Waals surface area contributed by atoms with Crippen LogP contribution in [0.5, 0.6) is 11.5 Å². The molecule has 0 radical (unpaired) electrons. The van der Waals surface area contributed by atoms with E-state index in [4.69, 9.17) is 9.47 Å². The summed E-state index contributed by atoms with van der Waals surface area (Å²) < 4.78 is 10.8. The van der Waals surface area contributed by atoms with Crippen molar-refractivity contribution in [3.05, 3.63) is 60.7 Å². The fourth-order valence-electron chi connectivity index (χ4n) is 7.70. The SMILES string of the molecule is COc1ccccc1N1C(=O)[C@@H]2[C@H]3C=C[C@H]([C@@H]2C1=O)[C@@H]1[C@H]2C(=O)N(c4ccccc4OC)C(=O)[C@H]2[C@@H]31. The third-order valence-corrected chi connectivity index (χ3v) is 9.00. The molecule has 182 valence electrons. The van der Waals surface area contributed by atoms with E-state index in [2.05, 4.69) is 0 Å². The molecule has 8 atom stereocenters. The van der Waals surface area contributed by atoms with E-state index in [1.165, 1.54) is 24.0 Å². The molecule has 36 heavy (non-hydrogen) atoms. The molecule has 0 aromatic heterocycles. The van der Waals surface area contributed by atoms with Crippen LogP contribution in [0.25, 0.3) is 0 Å². The first kappa shape index (κ1) is 21.4. The number of amides is 4. The molecule has 2 saturated heterocycles. The Kier molecular flexibility index (Phi) is 4.32. The zero-order valence-electron chi connectivity index (χ0n) is 19.7. The van der Waals surface area contributed by atoms with Gasteiger partial charge in [0.1, 0.15) is 11.5 Å². The summed E-state index contributed by atoms with van der Waals surface area (Å²) in [5.41, 5.74) is 0.877. The van der Waals surface area contributed by atoms with Crippen molar-refractivity contribution in [2.75, 3.05) is 24.0 Å². The summed E-state index contributed by atoms with van der Waals surface area (Å²) in [6.07, 6.45) is 4.01. The van der Waals surface area contributed by atoms with Crippen molar-refractivity contribution in [2.24, 2.45) is 47.3 Å². The van der Waals surface area contributed by atoms with Crippen molar-refractivity contribution in [2.45, 2.75) is 0 Å². The summed E-state index contributed by atoms with van der Waals surface area (Å²) in [4.78, 5) is 57.2. The number of hydrogen-bond donors (Lipinski definition) is 0. The lowest BCUT2D eigenvalue weighted by molar-refractivity contribution is -0.166. The van der Waals surface area contributed by atoms with E-state index in [9.17, 15) is 19.2 Å². The minimum absolute atomic E-state index is 0.142. The minimum atomic E-state index is -0.539.